The van der Waals surface area contributed by atoms with Crippen molar-refractivity contribution in [1.29, 1.82) is 0 Å². The van der Waals surface area contributed by atoms with Gasteiger partial charge in [-0.3, -0.25) is 9.59 Å². The van der Waals surface area contributed by atoms with Crippen LogP contribution >= 0.6 is 0 Å². The van der Waals surface area contributed by atoms with Gasteiger partial charge < -0.3 is 9.47 Å². The summed E-state index contributed by atoms with van der Waals surface area (Å²) in [5, 5.41) is 4.04. The van der Waals surface area contributed by atoms with E-state index in [-0.39, 0.29) is 16.2 Å². The van der Waals surface area contributed by atoms with Gasteiger partial charge in [0.15, 0.2) is 5.36 Å². The van der Waals surface area contributed by atoms with Crippen molar-refractivity contribution in [2.75, 3.05) is 24.4 Å². The first-order chi connectivity index (χ1) is 14.4. The fourth-order valence-corrected chi connectivity index (χ4v) is 3.41. The van der Waals surface area contributed by atoms with Crippen LogP contribution in [0, 0.1) is 13.8 Å². The molecular formula is C23H23N5O2. The van der Waals surface area contributed by atoms with Gasteiger partial charge in [0, 0.05) is 30.9 Å². The molecule has 1 aromatic heterocycles. The summed E-state index contributed by atoms with van der Waals surface area (Å²) in [6, 6.07) is 16.0. The van der Waals surface area contributed by atoms with Crippen molar-refractivity contribution in [3.63, 3.8) is 0 Å². The summed E-state index contributed by atoms with van der Waals surface area (Å²) < 4.78 is 2.00. The molecule has 0 aliphatic heterocycles. The van der Waals surface area contributed by atoms with E-state index in [4.69, 9.17) is 0 Å². The van der Waals surface area contributed by atoms with E-state index in [0.717, 1.165) is 22.3 Å². The first kappa shape index (κ1) is 19.6. The van der Waals surface area contributed by atoms with E-state index in [1.54, 1.807) is 13.8 Å². The van der Waals surface area contributed by atoms with Crippen LogP contribution in [0.5, 0.6) is 0 Å². The maximum atomic E-state index is 12.3. The largest absolute Gasteiger partial charge is 0.378 e. The Kier molecular flexibility index (Phi) is 4.95. The normalized spacial score (nSPS) is 11.1. The lowest BCUT2D eigenvalue weighted by molar-refractivity contribution is 0.825. The molecule has 1 heterocycles. The molecule has 0 spiro atoms. The van der Waals surface area contributed by atoms with Crippen molar-refractivity contribution in [2.45, 2.75) is 20.4 Å². The number of benzene rings is 2. The van der Waals surface area contributed by atoms with Gasteiger partial charge in [0.2, 0.25) is 16.8 Å². The van der Waals surface area contributed by atoms with E-state index < -0.39 is 0 Å². The van der Waals surface area contributed by atoms with Gasteiger partial charge in [0.25, 0.3) is 0 Å². The molecule has 4 rings (SSSR count). The number of hydrogen-bond acceptors (Lipinski definition) is 6. The summed E-state index contributed by atoms with van der Waals surface area (Å²) in [4.78, 5) is 31.3. The minimum Gasteiger partial charge on any atom is -0.378 e. The van der Waals surface area contributed by atoms with Gasteiger partial charge >= 0.3 is 0 Å². The third-order valence-corrected chi connectivity index (χ3v) is 5.37. The van der Waals surface area contributed by atoms with Crippen molar-refractivity contribution < 1.29 is 0 Å². The van der Waals surface area contributed by atoms with Gasteiger partial charge in [-0.15, -0.1) is 0 Å². The highest BCUT2D eigenvalue weighted by atomic mass is 16.1. The van der Waals surface area contributed by atoms with Gasteiger partial charge in [0.05, 0.1) is 17.6 Å². The molecule has 7 nitrogen and oxygen atoms in total. The number of imidazole rings is 1. The molecule has 152 valence electrons. The van der Waals surface area contributed by atoms with Gasteiger partial charge in [0.1, 0.15) is 0 Å². The van der Waals surface area contributed by atoms with Crippen LogP contribution in [0.1, 0.15) is 16.7 Å². The second-order valence-electron chi connectivity index (χ2n) is 7.56. The topological polar surface area (TPSA) is 79.6 Å². The Labute approximate surface area is 173 Å². The fourth-order valence-electron chi connectivity index (χ4n) is 3.41. The van der Waals surface area contributed by atoms with Crippen molar-refractivity contribution in [3.8, 4) is 0 Å². The van der Waals surface area contributed by atoms with Crippen LogP contribution in [-0.2, 0) is 6.54 Å². The average molecular weight is 401 g/mol. The van der Waals surface area contributed by atoms with Crippen LogP contribution in [0.15, 0.2) is 63.2 Å². The van der Waals surface area contributed by atoms with Crippen LogP contribution < -0.4 is 26.5 Å². The van der Waals surface area contributed by atoms with E-state index in [9.17, 15) is 9.59 Å². The number of fused-ring (bicyclic) bond motifs is 1. The number of nitrogens with zero attached hydrogens (tertiary/aromatic N) is 4. The molecule has 0 unspecified atom stereocenters. The van der Waals surface area contributed by atoms with Gasteiger partial charge in [-0.1, -0.05) is 30.3 Å². The quantitative estimate of drug-likeness (QED) is 0.519. The molecule has 1 N–H and O–H groups in total. The molecule has 0 aliphatic carbocycles. The van der Waals surface area contributed by atoms with E-state index in [1.165, 1.54) is 0 Å². The Morgan fingerprint density at radius 2 is 1.67 bits per heavy atom. The molecule has 0 fully saturated rings. The summed E-state index contributed by atoms with van der Waals surface area (Å²) in [5.41, 5.74) is 6.95. The zero-order valence-electron chi connectivity index (χ0n) is 17.4. The lowest BCUT2D eigenvalue weighted by Crippen LogP contribution is -2.33. The minimum absolute atomic E-state index is 0.0997. The zero-order valence-corrected chi connectivity index (χ0v) is 17.4. The molecule has 0 atom stereocenters. The van der Waals surface area contributed by atoms with Crippen LogP contribution in [0.25, 0.3) is 11.0 Å². The Balaban J connectivity index is 1.85. The van der Waals surface area contributed by atoms with E-state index in [2.05, 4.69) is 21.6 Å². The van der Waals surface area contributed by atoms with E-state index in [0.29, 0.717) is 23.6 Å². The number of hydrogen-bond donors (Lipinski definition) is 1. The van der Waals surface area contributed by atoms with Gasteiger partial charge in [-0.25, -0.2) is 10.4 Å². The molecule has 0 radical (unpaired) electrons. The van der Waals surface area contributed by atoms with Crippen molar-refractivity contribution in [3.05, 3.63) is 91.0 Å². The third kappa shape index (κ3) is 3.39. The number of nitrogens with one attached hydrogen (secondary N) is 1. The summed E-state index contributed by atoms with van der Waals surface area (Å²) in [6.07, 6.45) is 0. The average Bonchev–Trinajstić information content (AvgIpc) is 3.17. The minimum atomic E-state index is -0.342. The van der Waals surface area contributed by atoms with Crippen LogP contribution in [0.4, 0.5) is 11.6 Å². The maximum Gasteiger partial charge on any atom is 0.225 e. The first-order valence-electron chi connectivity index (χ1n) is 9.69. The van der Waals surface area contributed by atoms with E-state index in [1.807, 2.05) is 66.0 Å². The molecule has 0 saturated heterocycles. The van der Waals surface area contributed by atoms with Gasteiger partial charge in [-0.05, 0) is 37.6 Å². The Morgan fingerprint density at radius 1 is 1.00 bits per heavy atom. The fraction of sp³-hybridized carbons (Fsp3) is 0.217. The van der Waals surface area contributed by atoms with Crippen molar-refractivity contribution in [1.82, 2.24) is 9.55 Å². The number of rotatable bonds is 5. The number of anilines is 2. The van der Waals surface area contributed by atoms with Crippen molar-refractivity contribution in [2.24, 2.45) is 5.10 Å². The molecular weight excluding hydrogens is 378 g/mol. The van der Waals surface area contributed by atoms with Crippen LogP contribution in [0.2, 0.25) is 0 Å². The lowest BCUT2D eigenvalue weighted by Gasteiger charge is -2.13. The summed E-state index contributed by atoms with van der Waals surface area (Å²) in [6.45, 7) is 3.86. The Hall–Kier alpha value is -3.74. The SMILES string of the molecule is Cc1c(C)c(=O)c(=NNc2nc3ccc(N(C)C)cc3n2Cc2ccccc2)c1=O. The van der Waals surface area contributed by atoms with Gasteiger partial charge in [-0.2, -0.15) is 5.10 Å². The highest BCUT2D eigenvalue weighted by Gasteiger charge is 2.14. The first-order valence-corrected chi connectivity index (χ1v) is 9.69. The monoisotopic (exact) mass is 401 g/mol. The molecule has 30 heavy (non-hydrogen) atoms. The van der Waals surface area contributed by atoms with Crippen LogP contribution in [0.3, 0.4) is 0 Å². The van der Waals surface area contributed by atoms with Crippen molar-refractivity contribution >= 4 is 22.7 Å². The third-order valence-electron chi connectivity index (χ3n) is 5.37. The highest BCUT2D eigenvalue weighted by molar-refractivity contribution is 5.82. The lowest BCUT2D eigenvalue weighted by atomic mass is 10.2. The predicted molar refractivity (Wildman–Crippen MR) is 120 cm³/mol. The highest BCUT2D eigenvalue weighted by Crippen LogP contribution is 2.25. The predicted octanol–water partition coefficient (Wildman–Crippen LogP) is 2.29. The molecule has 0 amide bonds. The molecule has 0 bridgehead atoms. The van der Waals surface area contributed by atoms with E-state index >= 15 is 0 Å². The maximum absolute atomic E-state index is 12.3. The molecule has 0 saturated carbocycles. The van der Waals surface area contributed by atoms with Crippen LogP contribution in [-0.4, -0.2) is 23.6 Å². The number of aromatic nitrogens is 2. The molecule has 3 aromatic carbocycles. The summed E-state index contributed by atoms with van der Waals surface area (Å²) in [7, 11) is 3.97. The smallest absolute Gasteiger partial charge is 0.225 e. The second-order valence-corrected chi connectivity index (χ2v) is 7.56. The summed E-state index contributed by atoms with van der Waals surface area (Å²) in [5.74, 6) is 0.472. The molecule has 4 aromatic rings. The second kappa shape index (κ2) is 7.59. The molecule has 0 aliphatic rings. The Morgan fingerprint density at radius 3 is 2.30 bits per heavy atom. The summed E-state index contributed by atoms with van der Waals surface area (Å²) >= 11 is 0. The zero-order chi connectivity index (χ0) is 21.4. The Bertz CT molecular complexity index is 1340. The standard InChI is InChI=1S/C23H23N5O2/c1-14-15(2)22(30)20(21(14)29)25-26-23-24-18-11-10-17(27(3)4)12-19(18)28(23)13-16-8-6-5-7-9-16/h5-12H,13H2,1-4H3,(H,24,26). The molecule has 7 heteroatoms.